The number of hydrogen-bond acceptors (Lipinski definition) is 5. The highest BCUT2D eigenvalue weighted by atomic mass is 32.1. The van der Waals surface area contributed by atoms with E-state index in [0.29, 0.717) is 19.6 Å². The van der Waals surface area contributed by atoms with Crippen LogP contribution in [0.15, 0.2) is 10.4 Å². The van der Waals surface area contributed by atoms with Gasteiger partial charge in [0.05, 0.1) is 10.7 Å². The fraction of sp³-hybridized carbons (Fsp3) is 0.706. The van der Waals surface area contributed by atoms with Gasteiger partial charge in [0.2, 0.25) is 0 Å². The Morgan fingerprint density at radius 3 is 2.68 bits per heavy atom. The highest BCUT2D eigenvalue weighted by Gasteiger charge is 2.19. The first kappa shape index (κ1) is 21.2. The number of thiazole rings is 1. The minimum absolute atomic E-state index is 0.324. The topological polar surface area (TPSA) is 78.9 Å². The molecule has 1 aromatic rings. The molecule has 0 fully saturated rings. The molecule has 1 heterocycles. The number of hydrogen-bond donors (Lipinski definition) is 2. The van der Waals surface area contributed by atoms with Crippen molar-refractivity contribution in [2.45, 2.75) is 46.6 Å². The highest BCUT2D eigenvalue weighted by Crippen LogP contribution is 2.09. The lowest BCUT2D eigenvalue weighted by Gasteiger charge is -2.24. The van der Waals surface area contributed by atoms with Gasteiger partial charge in [0, 0.05) is 45.0 Å². The molecule has 8 heteroatoms. The van der Waals surface area contributed by atoms with Gasteiger partial charge >= 0.3 is 6.09 Å². The molecular weight excluding hydrogens is 338 g/mol. The van der Waals surface area contributed by atoms with Crippen molar-refractivity contribution in [3.8, 4) is 0 Å². The molecule has 0 aliphatic heterocycles. The van der Waals surface area contributed by atoms with Crippen molar-refractivity contribution in [1.82, 2.24) is 20.5 Å². The van der Waals surface area contributed by atoms with Crippen molar-refractivity contribution in [3.63, 3.8) is 0 Å². The molecule has 0 aliphatic carbocycles. The van der Waals surface area contributed by atoms with Crippen LogP contribution in [0.4, 0.5) is 4.79 Å². The number of nitrogens with one attached hydrogen (secondary N) is 2. The Hall–Kier alpha value is -1.83. The van der Waals surface area contributed by atoms with Crippen molar-refractivity contribution < 1.29 is 9.53 Å². The molecule has 0 saturated carbocycles. The standard InChI is InChI=1S/C17H31N5O2S/c1-7-18-15(19-9-8-14-12-25-13(2)21-14)20-10-11-22(6)16(23)24-17(3,4)5/h12H,7-11H2,1-6H3,(H2,18,19,20). The van der Waals surface area contributed by atoms with E-state index in [1.807, 2.05) is 34.6 Å². The molecule has 0 spiro atoms. The first-order valence-corrected chi connectivity index (χ1v) is 9.46. The average molecular weight is 370 g/mol. The van der Waals surface area contributed by atoms with Crippen LogP contribution in [-0.2, 0) is 11.2 Å². The van der Waals surface area contributed by atoms with Crippen molar-refractivity contribution >= 4 is 23.4 Å². The summed E-state index contributed by atoms with van der Waals surface area (Å²) in [6.45, 7) is 12.2. The Labute approximate surface area is 154 Å². The summed E-state index contributed by atoms with van der Waals surface area (Å²) < 4.78 is 5.33. The third-order valence-corrected chi connectivity index (χ3v) is 3.92. The summed E-state index contributed by atoms with van der Waals surface area (Å²) in [7, 11) is 1.73. The summed E-state index contributed by atoms with van der Waals surface area (Å²) in [5.74, 6) is 0.743. The smallest absolute Gasteiger partial charge is 0.410 e. The minimum Gasteiger partial charge on any atom is -0.444 e. The summed E-state index contributed by atoms with van der Waals surface area (Å²) in [4.78, 5) is 22.5. The lowest BCUT2D eigenvalue weighted by molar-refractivity contribution is 0.0302. The number of rotatable bonds is 7. The van der Waals surface area contributed by atoms with Gasteiger partial charge in [0.25, 0.3) is 0 Å². The zero-order valence-corrected chi connectivity index (χ0v) is 17.0. The number of guanidine groups is 1. The van der Waals surface area contributed by atoms with Crippen molar-refractivity contribution in [2.75, 3.05) is 33.2 Å². The number of likely N-dealkylation sites (N-methyl/N-ethyl adjacent to an activating group) is 1. The van der Waals surface area contributed by atoms with Crippen molar-refractivity contribution in [3.05, 3.63) is 16.1 Å². The first-order chi connectivity index (χ1) is 11.7. The van der Waals surface area contributed by atoms with Crippen molar-refractivity contribution in [2.24, 2.45) is 4.99 Å². The third kappa shape index (κ3) is 9.28. The second kappa shape index (κ2) is 10.2. The number of carbonyl (C=O) groups excluding carboxylic acids is 1. The van der Waals surface area contributed by atoms with E-state index in [4.69, 9.17) is 4.74 Å². The average Bonchev–Trinajstić information content (AvgIpc) is 2.91. The SMILES string of the molecule is CCNC(=NCCc1csc(C)n1)NCCN(C)C(=O)OC(C)(C)C. The maximum atomic E-state index is 11.9. The molecule has 0 radical (unpaired) electrons. The van der Waals surface area contributed by atoms with Crippen LogP contribution in [0.1, 0.15) is 38.4 Å². The number of carbonyl (C=O) groups is 1. The van der Waals surface area contributed by atoms with Crippen molar-refractivity contribution in [1.29, 1.82) is 0 Å². The lowest BCUT2D eigenvalue weighted by Crippen LogP contribution is -2.43. The fourth-order valence-electron chi connectivity index (χ4n) is 1.92. The van der Waals surface area contributed by atoms with Gasteiger partial charge in [-0.15, -0.1) is 11.3 Å². The number of nitrogens with zero attached hydrogens (tertiary/aromatic N) is 3. The van der Waals surface area contributed by atoms with Gasteiger partial charge < -0.3 is 20.3 Å². The zero-order valence-electron chi connectivity index (χ0n) is 16.2. The molecule has 1 rings (SSSR count). The maximum Gasteiger partial charge on any atom is 0.410 e. The van der Waals surface area contributed by atoms with E-state index in [1.54, 1.807) is 23.3 Å². The second-order valence-corrected chi connectivity index (χ2v) is 7.76. The summed E-state index contributed by atoms with van der Waals surface area (Å²) in [6, 6.07) is 0. The molecule has 142 valence electrons. The number of aryl methyl sites for hydroxylation is 1. The van der Waals surface area contributed by atoms with Crippen LogP contribution < -0.4 is 10.6 Å². The van der Waals surface area contributed by atoms with Crippen LogP contribution in [0.2, 0.25) is 0 Å². The molecule has 0 aliphatic rings. The number of ether oxygens (including phenoxy) is 1. The Bertz CT molecular complexity index is 566. The highest BCUT2D eigenvalue weighted by molar-refractivity contribution is 7.09. The van der Waals surface area contributed by atoms with E-state index in [1.165, 1.54) is 0 Å². The molecule has 0 aromatic carbocycles. The van der Waals surface area contributed by atoms with Gasteiger partial charge in [-0.25, -0.2) is 9.78 Å². The van der Waals surface area contributed by atoms with E-state index in [2.05, 4.69) is 26.0 Å². The molecule has 0 saturated heterocycles. The van der Waals surface area contributed by atoms with Gasteiger partial charge in [-0.05, 0) is 34.6 Å². The Kier molecular flexibility index (Phi) is 8.68. The zero-order chi connectivity index (χ0) is 18.9. The van der Waals surface area contributed by atoms with Gasteiger partial charge in [0.1, 0.15) is 5.60 Å². The minimum atomic E-state index is -0.483. The molecule has 0 unspecified atom stereocenters. The molecule has 1 aromatic heterocycles. The predicted molar refractivity (Wildman–Crippen MR) is 103 cm³/mol. The monoisotopic (exact) mass is 369 g/mol. The van der Waals surface area contributed by atoms with Gasteiger partial charge in [0.15, 0.2) is 5.96 Å². The molecule has 1 amide bonds. The summed E-state index contributed by atoms with van der Waals surface area (Å²) in [6.07, 6.45) is 0.494. The first-order valence-electron chi connectivity index (χ1n) is 8.58. The molecule has 0 bridgehead atoms. The fourth-order valence-corrected chi connectivity index (χ4v) is 2.57. The molecule has 7 nitrogen and oxygen atoms in total. The van der Waals surface area contributed by atoms with Crippen LogP contribution in [0, 0.1) is 6.92 Å². The van der Waals surface area contributed by atoms with Gasteiger partial charge in [-0.1, -0.05) is 0 Å². The molecular formula is C17H31N5O2S. The normalized spacial score (nSPS) is 12.0. The molecule has 2 N–H and O–H groups in total. The van der Waals surface area contributed by atoms with Crippen LogP contribution in [0.25, 0.3) is 0 Å². The Morgan fingerprint density at radius 1 is 1.40 bits per heavy atom. The van der Waals surface area contributed by atoms with Crippen LogP contribution in [0.5, 0.6) is 0 Å². The van der Waals surface area contributed by atoms with E-state index < -0.39 is 5.60 Å². The quantitative estimate of drug-likeness (QED) is 0.570. The summed E-state index contributed by atoms with van der Waals surface area (Å²) in [5, 5.41) is 9.58. The summed E-state index contributed by atoms with van der Waals surface area (Å²) >= 11 is 1.66. The number of aliphatic imine (C=N–C) groups is 1. The number of aromatic nitrogens is 1. The largest absolute Gasteiger partial charge is 0.444 e. The van der Waals surface area contributed by atoms with E-state index >= 15 is 0 Å². The van der Waals surface area contributed by atoms with E-state index in [9.17, 15) is 4.79 Å². The summed E-state index contributed by atoms with van der Waals surface area (Å²) in [5.41, 5.74) is 0.593. The van der Waals surface area contributed by atoms with Crippen LogP contribution in [-0.4, -0.2) is 60.8 Å². The van der Waals surface area contributed by atoms with E-state index in [-0.39, 0.29) is 6.09 Å². The third-order valence-electron chi connectivity index (χ3n) is 3.09. The maximum absolute atomic E-state index is 11.9. The predicted octanol–water partition coefficient (Wildman–Crippen LogP) is 2.42. The van der Waals surface area contributed by atoms with E-state index in [0.717, 1.165) is 29.6 Å². The van der Waals surface area contributed by atoms with Crippen LogP contribution in [0.3, 0.4) is 0 Å². The Morgan fingerprint density at radius 2 is 2.12 bits per heavy atom. The van der Waals surface area contributed by atoms with Crippen LogP contribution >= 0.6 is 11.3 Å². The second-order valence-electron chi connectivity index (χ2n) is 6.70. The van der Waals surface area contributed by atoms with Gasteiger partial charge in [-0.2, -0.15) is 0 Å². The number of amides is 1. The lowest BCUT2D eigenvalue weighted by atomic mass is 10.2. The molecule has 25 heavy (non-hydrogen) atoms. The molecule has 0 atom stereocenters. The Balaban J connectivity index is 2.38. The van der Waals surface area contributed by atoms with Gasteiger partial charge in [-0.3, -0.25) is 4.99 Å².